The lowest BCUT2D eigenvalue weighted by Crippen LogP contribution is -2.30. The van der Waals surface area contributed by atoms with Crippen LogP contribution in [0.3, 0.4) is 0 Å². The van der Waals surface area contributed by atoms with Gasteiger partial charge in [0.15, 0.2) is 0 Å². The van der Waals surface area contributed by atoms with Crippen LogP contribution >= 0.6 is 24.8 Å². The molecule has 2 aromatic rings. The smallest absolute Gasteiger partial charge is 0.253 e. The summed E-state index contributed by atoms with van der Waals surface area (Å²) in [5.41, 5.74) is 4.62. The Bertz CT molecular complexity index is 733. The number of nitrogens with one attached hydrogen (secondary N) is 2. The van der Waals surface area contributed by atoms with Crippen LogP contribution in [0.1, 0.15) is 22.5 Å². The van der Waals surface area contributed by atoms with E-state index in [1.165, 1.54) is 5.57 Å². The average molecular weight is 380 g/mol. The van der Waals surface area contributed by atoms with Gasteiger partial charge >= 0.3 is 0 Å². The second-order valence-electron chi connectivity index (χ2n) is 5.69. The number of aryl methyl sites for hydroxylation is 1. The number of aromatic nitrogens is 1. The van der Waals surface area contributed by atoms with Crippen LogP contribution in [0.25, 0.3) is 11.3 Å². The fourth-order valence-electron chi connectivity index (χ4n) is 2.69. The number of hydrogen-bond acceptors (Lipinski definition) is 3. The van der Waals surface area contributed by atoms with Crippen molar-refractivity contribution in [3.63, 3.8) is 0 Å². The van der Waals surface area contributed by atoms with Crippen LogP contribution in [-0.4, -0.2) is 30.5 Å². The van der Waals surface area contributed by atoms with E-state index in [1.54, 1.807) is 0 Å². The van der Waals surface area contributed by atoms with Crippen molar-refractivity contribution in [2.75, 3.05) is 19.6 Å². The minimum Gasteiger partial charge on any atom is -0.348 e. The lowest BCUT2D eigenvalue weighted by molar-refractivity contribution is 0.0955. The molecule has 2 heterocycles. The molecule has 1 aromatic heterocycles. The molecule has 6 heteroatoms. The van der Waals surface area contributed by atoms with E-state index in [-0.39, 0.29) is 30.7 Å². The van der Waals surface area contributed by atoms with E-state index in [1.807, 2.05) is 49.4 Å². The highest BCUT2D eigenvalue weighted by atomic mass is 35.5. The number of hydrogen-bond donors (Lipinski definition) is 2. The third-order valence-electron chi connectivity index (χ3n) is 4.03. The van der Waals surface area contributed by atoms with Gasteiger partial charge in [0.1, 0.15) is 0 Å². The van der Waals surface area contributed by atoms with Crippen molar-refractivity contribution in [2.24, 2.45) is 0 Å². The Morgan fingerprint density at radius 1 is 1.16 bits per heavy atom. The summed E-state index contributed by atoms with van der Waals surface area (Å²) >= 11 is 0. The SMILES string of the molecule is Cc1nc(-c2ccccc2)ccc1C(=O)NCC1=CCNCC1.Cl.Cl. The summed E-state index contributed by atoms with van der Waals surface area (Å²) < 4.78 is 0. The summed E-state index contributed by atoms with van der Waals surface area (Å²) in [4.78, 5) is 16.9. The van der Waals surface area contributed by atoms with Crippen molar-refractivity contribution in [3.05, 3.63) is 65.4 Å². The van der Waals surface area contributed by atoms with Gasteiger partial charge in [-0.25, -0.2) is 0 Å². The van der Waals surface area contributed by atoms with E-state index in [0.29, 0.717) is 12.1 Å². The number of carbonyl (C=O) groups excluding carboxylic acids is 1. The van der Waals surface area contributed by atoms with Crippen LogP contribution in [0.15, 0.2) is 54.1 Å². The zero-order chi connectivity index (χ0) is 16.1. The normalized spacial score (nSPS) is 13.1. The molecule has 2 N–H and O–H groups in total. The molecule has 1 aliphatic heterocycles. The molecule has 0 unspecified atom stereocenters. The largest absolute Gasteiger partial charge is 0.348 e. The Hall–Kier alpha value is -1.88. The summed E-state index contributed by atoms with van der Waals surface area (Å²) in [6.07, 6.45) is 3.14. The number of pyridine rings is 1. The third kappa shape index (κ3) is 5.56. The van der Waals surface area contributed by atoms with Gasteiger partial charge in [0.05, 0.1) is 17.0 Å². The van der Waals surface area contributed by atoms with E-state index in [4.69, 9.17) is 0 Å². The number of benzene rings is 1. The van der Waals surface area contributed by atoms with Crippen molar-refractivity contribution in [1.82, 2.24) is 15.6 Å². The van der Waals surface area contributed by atoms with Crippen molar-refractivity contribution < 1.29 is 4.79 Å². The second kappa shape index (κ2) is 10.2. The highest BCUT2D eigenvalue weighted by Gasteiger charge is 2.12. The fraction of sp³-hybridized carbons (Fsp3) is 0.263. The lowest BCUT2D eigenvalue weighted by Gasteiger charge is -2.15. The minimum absolute atomic E-state index is 0. The van der Waals surface area contributed by atoms with Gasteiger partial charge in [-0.15, -0.1) is 24.8 Å². The summed E-state index contributed by atoms with van der Waals surface area (Å²) in [5, 5.41) is 6.26. The van der Waals surface area contributed by atoms with E-state index < -0.39 is 0 Å². The van der Waals surface area contributed by atoms with Crippen molar-refractivity contribution in [3.8, 4) is 11.3 Å². The molecule has 0 spiro atoms. The highest BCUT2D eigenvalue weighted by Crippen LogP contribution is 2.18. The first-order chi connectivity index (χ1) is 11.2. The molecule has 0 bridgehead atoms. The maximum atomic E-state index is 12.4. The first kappa shape index (κ1) is 21.2. The molecular formula is C19H23Cl2N3O. The van der Waals surface area contributed by atoms with E-state index in [2.05, 4.69) is 21.7 Å². The van der Waals surface area contributed by atoms with Gasteiger partial charge in [-0.3, -0.25) is 9.78 Å². The Morgan fingerprint density at radius 2 is 1.92 bits per heavy atom. The Balaban J connectivity index is 0.00000156. The van der Waals surface area contributed by atoms with Crippen molar-refractivity contribution in [2.45, 2.75) is 13.3 Å². The Labute approximate surface area is 160 Å². The van der Waals surface area contributed by atoms with Gasteiger partial charge in [-0.1, -0.05) is 42.0 Å². The molecule has 1 amide bonds. The zero-order valence-corrected chi connectivity index (χ0v) is 15.8. The first-order valence-corrected chi connectivity index (χ1v) is 7.94. The van der Waals surface area contributed by atoms with Crippen LogP contribution in [-0.2, 0) is 0 Å². The summed E-state index contributed by atoms with van der Waals surface area (Å²) in [5.74, 6) is -0.0611. The first-order valence-electron chi connectivity index (χ1n) is 7.94. The zero-order valence-electron chi connectivity index (χ0n) is 14.1. The van der Waals surface area contributed by atoms with Gasteiger partial charge < -0.3 is 10.6 Å². The topological polar surface area (TPSA) is 54.0 Å². The standard InChI is InChI=1S/C19H21N3O.2ClH/c1-14-17(19(23)21-13-15-9-11-20-12-10-15)7-8-18(22-14)16-5-3-2-4-6-16;;/h2-9,20H,10-13H2,1H3,(H,21,23);2*1H. The predicted molar refractivity (Wildman–Crippen MR) is 107 cm³/mol. The molecule has 1 aromatic carbocycles. The molecule has 0 atom stereocenters. The van der Waals surface area contributed by atoms with Crippen LogP contribution in [0, 0.1) is 6.92 Å². The summed E-state index contributed by atoms with van der Waals surface area (Å²) in [6, 6.07) is 13.8. The maximum absolute atomic E-state index is 12.4. The van der Waals surface area contributed by atoms with E-state index in [9.17, 15) is 4.79 Å². The molecule has 3 rings (SSSR count). The third-order valence-corrected chi connectivity index (χ3v) is 4.03. The van der Waals surface area contributed by atoms with Gasteiger partial charge in [0.25, 0.3) is 5.91 Å². The van der Waals surface area contributed by atoms with Crippen molar-refractivity contribution >= 4 is 30.7 Å². The molecule has 4 nitrogen and oxygen atoms in total. The number of nitrogens with zero attached hydrogens (tertiary/aromatic N) is 1. The summed E-state index contributed by atoms with van der Waals surface area (Å²) in [7, 11) is 0. The van der Waals surface area contributed by atoms with Gasteiger partial charge in [-0.2, -0.15) is 0 Å². The molecule has 0 radical (unpaired) electrons. The maximum Gasteiger partial charge on any atom is 0.253 e. The predicted octanol–water partition coefficient (Wildman–Crippen LogP) is 3.55. The summed E-state index contributed by atoms with van der Waals surface area (Å²) in [6.45, 7) is 4.36. The number of amides is 1. The van der Waals surface area contributed by atoms with Crippen LogP contribution < -0.4 is 10.6 Å². The molecule has 0 fully saturated rings. The van der Waals surface area contributed by atoms with Crippen LogP contribution in [0.2, 0.25) is 0 Å². The number of carbonyl (C=O) groups is 1. The lowest BCUT2D eigenvalue weighted by atomic mass is 10.1. The molecule has 25 heavy (non-hydrogen) atoms. The second-order valence-corrected chi connectivity index (χ2v) is 5.69. The number of rotatable bonds is 4. The van der Waals surface area contributed by atoms with Gasteiger partial charge in [0, 0.05) is 18.7 Å². The Kier molecular flexibility index (Phi) is 8.62. The van der Waals surface area contributed by atoms with Crippen LogP contribution in [0.5, 0.6) is 0 Å². The van der Waals surface area contributed by atoms with Gasteiger partial charge in [0.2, 0.25) is 0 Å². The fourth-order valence-corrected chi connectivity index (χ4v) is 2.69. The molecule has 0 aliphatic carbocycles. The molecular weight excluding hydrogens is 357 g/mol. The molecule has 0 saturated carbocycles. The molecule has 1 aliphatic rings. The minimum atomic E-state index is -0.0611. The van der Waals surface area contributed by atoms with Crippen molar-refractivity contribution in [1.29, 1.82) is 0 Å². The highest BCUT2D eigenvalue weighted by molar-refractivity contribution is 5.95. The van der Waals surface area contributed by atoms with Gasteiger partial charge in [-0.05, 0) is 32.0 Å². The quantitative estimate of drug-likeness (QED) is 0.798. The molecule has 134 valence electrons. The molecule has 0 saturated heterocycles. The van der Waals surface area contributed by atoms with E-state index >= 15 is 0 Å². The monoisotopic (exact) mass is 379 g/mol. The van der Waals surface area contributed by atoms with Crippen LogP contribution in [0.4, 0.5) is 0 Å². The number of halogens is 2. The average Bonchev–Trinajstić information content (AvgIpc) is 2.61. The van der Waals surface area contributed by atoms with E-state index in [0.717, 1.165) is 36.5 Å². The Morgan fingerprint density at radius 3 is 2.56 bits per heavy atom.